The maximum atomic E-state index is 12.3. The zero-order valence-electron chi connectivity index (χ0n) is 12.7. The molecule has 1 N–H and O–H groups in total. The summed E-state index contributed by atoms with van der Waals surface area (Å²) in [7, 11) is -1.64. The Morgan fingerprint density at radius 3 is 2.32 bits per heavy atom. The van der Waals surface area contributed by atoms with Crippen LogP contribution in [0.4, 0.5) is 5.69 Å². The number of sulfonamides is 1. The quantitative estimate of drug-likeness (QED) is 0.915. The minimum atomic E-state index is -3.32. The number of aryl methyl sites for hydroxylation is 1. The molecular weight excluding hydrogens is 304 g/mol. The number of carbonyl (C=O) groups excluding carboxylic acids is 1. The van der Waals surface area contributed by atoms with Gasteiger partial charge in [0, 0.05) is 18.3 Å². The third-order valence-corrected chi connectivity index (χ3v) is 3.58. The van der Waals surface area contributed by atoms with Crippen LogP contribution < -0.4 is 4.72 Å². The fourth-order valence-corrected chi connectivity index (χ4v) is 2.56. The van der Waals surface area contributed by atoms with Gasteiger partial charge in [-0.2, -0.15) is 0 Å². The number of carbonyl (C=O) groups is 1. The first-order valence-corrected chi connectivity index (χ1v) is 8.52. The number of rotatable bonds is 5. The molecule has 0 bridgehead atoms. The van der Waals surface area contributed by atoms with Crippen molar-refractivity contribution in [3.05, 3.63) is 53.5 Å². The van der Waals surface area contributed by atoms with E-state index in [1.807, 2.05) is 19.1 Å². The molecule has 0 spiro atoms. The largest absolute Gasteiger partial charge is 0.464 e. The van der Waals surface area contributed by atoms with Crippen molar-refractivity contribution in [2.75, 3.05) is 18.0 Å². The van der Waals surface area contributed by atoms with Crippen LogP contribution in [0.5, 0.6) is 0 Å². The Balaban J connectivity index is 2.05. The van der Waals surface area contributed by atoms with Crippen LogP contribution in [0.1, 0.15) is 21.9 Å². The lowest BCUT2D eigenvalue weighted by Gasteiger charge is -2.16. The average molecular weight is 322 g/mol. The fraction of sp³-hybridized carbons (Fsp3) is 0.267. The molecule has 118 valence electrons. The first-order valence-electron chi connectivity index (χ1n) is 6.63. The lowest BCUT2D eigenvalue weighted by atomic mass is 10.2. The van der Waals surface area contributed by atoms with Gasteiger partial charge in [-0.25, -0.2) is 8.42 Å². The van der Waals surface area contributed by atoms with Crippen molar-refractivity contribution in [1.82, 2.24) is 4.90 Å². The van der Waals surface area contributed by atoms with Crippen LogP contribution in [0, 0.1) is 6.92 Å². The van der Waals surface area contributed by atoms with Crippen molar-refractivity contribution in [2.24, 2.45) is 0 Å². The van der Waals surface area contributed by atoms with Crippen LogP contribution in [0.3, 0.4) is 0 Å². The fourth-order valence-electron chi connectivity index (χ4n) is 1.99. The highest BCUT2D eigenvalue weighted by molar-refractivity contribution is 7.92. The standard InChI is InChI=1S/C15H18N2O4S/c1-11-4-9-14(21-11)10-17(2)15(18)12-5-7-13(8-6-12)16-22(3,19)20/h4-9,16H,10H2,1-3H3. The van der Waals surface area contributed by atoms with E-state index in [2.05, 4.69) is 4.72 Å². The van der Waals surface area contributed by atoms with Gasteiger partial charge in [0.15, 0.2) is 0 Å². The maximum absolute atomic E-state index is 12.3. The molecule has 2 aromatic rings. The van der Waals surface area contributed by atoms with E-state index in [0.717, 1.165) is 12.0 Å². The lowest BCUT2D eigenvalue weighted by molar-refractivity contribution is 0.0775. The lowest BCUT2D eigenvalue weighted by Crippen LogP contribution is -2.26. The van der Waals surface area contributed by atoms with Gasteiger partial charge in [-0.3, -0.25) is 9.52 Å². The van der Waals surface area contributed by atoms with E-state index in [4.69, 9.17) is 4.42 Å². The van der Waals surface area contributed by atoms with Crippen molar-refractivity contribution >= 4 is 21.6 Å². The second kappa shape index (κ2) is 6.23. The van der Waals surface area contributed by atoms with Gasteiger partial charge >= 0.3 is 0 Å². The molecule has 2 rings (SSSR count). The molecule has 1 amide bonds. The van der Waals surface area contributed by atoms with Crippen molar-refractivity contribution in [1.29, 1.82) is 0 Å². The zero-order chi connectivity index (χ0) is 16.3. The van der Waals surface area contributed by atoms with E-state index in [-0.39, 0.29) is 5.91 Å². The number of hydrogen-bond acceptors (Lipinski definition) is 4. The topological polar surface area (TPSA) is 79.6 Å². The first-order chi connectivity index (χ1) is 10.2. The van der Waals surface area contributed by atoms with E-state index in [1.165, 1.54) is 4.90 Å². The molecule has 0 radical (unpaired) electrons. The molecule has 0 aliphatic rings. The van der Waals surface area contributed by atoms with Crippen molar-refractivity contribution in [2.45, 2.75) is 13.5 Å². The van der Waals surface area contributed by atoms with Gasteiger partial charge in [-0.05, 0) is 43.3 Å². The summed E-state index contributed by atoms with van der Waals surface area (Å²) in [6, 6.07) is 9.95. The molecule has 1 aromatic heterocycles. The van der Waals surface area contributed by atoms with Crippen molar-refractivity contribution in [3.8, 4) is 0 Å². The molecular formula is C15H18N2O4S. The number of furan rings is 1. The predicted octanol–water partition coefficient (Wildman–Crippen LogP) is 2.23. The second-order valence-electron chi connectivity index (χ2n) is 5.13. The van der Waals surface area contributed by atoms with Gasteiger partial charge in [0.1, 0.15) is 11.5 Å². The van der Waals surface area contributed by atoms with Gasteiger partial charge in [0.25, 0.3) is 5.91 Å². The molecule has 1 aromatic carbocycles. The third kappa shape index (κ3) is 4.36. The summed E-state index contributed by atoms with van der Waals surface area (Å²) >= 11 is 0. The van der Waals surface area contributed by atoms with E-state index >= 15 is 0 Å². The SMILES string of the molecule is Cc1ccc(CN(C)C(=O)c2ccc(NS(C)(=O)=O)cc2)o1. The van der Waals surface area contributed by atoms with Crippen molar-refractivity contribution < 1.29 is 17.6 Å². The normalized spacial score (nSPS) is 11.2. The number of nitrogens with zero attached hydrogens (tertiary/aromatic N) is 1. The highest BCUT2D eigenvalue weighted by Crippen LogP contribution is 2.14. The third-order valence-electron chi connectivity index (χ3n) is 2.97. The predicted molar refractivity (Wildman–Crippen MR) is 84.2 cm³/mol. The molecule has 22 heavy (non-hydrogen) atoms. The van der Waals surface area contributed by atoms with E-state index < -0.39 is 10.0 Å². The minimum absolute atomic E-state index is 0.167. The first kappa shape index (κ1) is 16.1. The van der Waals surface area contributed by atoms with Gasteiger partial charge in [-0.1, -0.05) is 0 Å². The Kier molecular flexibility index (Phi) is 4.56. The number of hydrogen-bond donors (Lipinski definition) is 1. The smallest absolute Gasteiger partial charge is 0.254 e. The summed E-state index contributed by atoms with van der Waals surface area (Å²) in [5, 5.41) is 0. The monoisotopic (exact) mass is 322 g/mol. The van der Waals surface area contributed by atoms with E-state index in [0.29, 0.717) is 23.6 Å². The molecule has 0 fully saturated rings. The number of benzene rings is 1. The highest BCUT2D eigenvalue weighted by atomic mass is 32.2. The zero-order valence-corrected chi connectivity index (χ0v) is 13.5. The number of nitrogens with one attached hydrogen (secondary N) is 1. The minimum Gasteiger partial charge on any atom is -0.464 e. The molecule has 0 aliphatic heterocycles. The van der Waals surface area contributed by atoms with Gasteiger partial charge < -0.3 is 9.32 Å². The molecule has 6 nitrogen and oxygen atoms in total. The van der Waals surface area contributed by atoms with Crippen LogP contribution in [-0.2, 0) is 16.6 Å². The summed E-state index contributed by atoms with van der Waals surface area (Å²) in [5.74, 6) is 1.34. The van der Waals surface area contributed by atoms with Crippen LogP contribution >= 0.6 is 0 Å². The molecule has 0 saturated heterocycles. The Morgan fingerprint density at radius 1 is 1.18 bits per heavy atom. The Bertz CT molecular complexity index is 763. The molecule has 7 heteroatoms. The van der Waals surface area contributed by atoms with E-state index in [1.54, 1.807) is 31.3 Å². The van der Waals surface area contributed by atoms with Crippen LogP contribution in [0.2, 0.25) is 0 Å². The highest BCUT2D eigenvalue weighted by Gasteiger charge is 2.13. The summed E-state index contributed by atoms with van der Waals surface area (Å²) in [6.07, 6.45) is 1.07. The Labute approximate surface area is 129 Å². The van der Waals surface area contributed by atoms with Gasteiger partial charge in [0.2, 0.25) is 10.0 Å². The molecule has 0 unspecified atom stereocenters. The number of amides is 1. The van der Waals surface area contributed by atoms with Crippen molar-refractivity contribution in [3.63, 3.8) is 0 Å². The summed E-state index contributed by atoms with van der Waals surface area (Å²) in [5.41, 5.74) is 0.896. The van der Waals surface area contributed by atoms with E-state index in [9.17, 15) is 13.2 Å². The molecule has 0 aliphatic carbocycles. The summed E-state index contributed by atoms with van der Waals surface area (Å²) in [6.45, 7) is 2.22. The maximum Gasteiger partial charge on any atom is 0.254 e. The molecule has 1 heterocycles. The van der Waals surface area contributed by atoms with Crippen LogP contribution in [-0.4, -0.2) is 32.5 Å². The van der Waals surface area contributed by atoms with Gasteiger partial charge in [0.05, 0.1) is 12.8 Å². The number of anilines is 1. The average Bonchev–Trinajstić information content (AvgIpc) is 2.82. The van der Waals surface area contributed by atoms with Crippen LogP contribution in [0.25, 0.3) is 0 Å². The molecule has 0 atom stereocenters. The van der Waals surface area contributed by atoms with Gasteiger partial charge in [-0.15, -0.1) is 0 Å². The summed E-state index contributed by atoms with van der Waals surface area (Å²) < 4.78 is 30.1. The molecule has 0 saturated carbocycles. The summed E-state index contributed by atoms with van der Waals surface area (Å²) in [4.78, 5) is 13.8. The second-order valence-corrected chi connectivity index (χ2v) is 6.87. The Hall–Kier alpha value is -2.28. The van der Waals surface area contributed by atoms with Crippen LogP contribution in [0.15, 0.2) is 40.8 Å². The Morgan fingerprint density at radius 2 is 1.82 bits per heavy atom.